The molecule has 22 heavy (non-hydrogen) atoms. The molecule has 0 aromatic heterocycles. The monoisotopic (exact) mass is 287 g/mol. The molecule has 1 aliphatic rings. The van der Waals surface area contributed by atoms with Crippen LogP contribution in [0.1, 0.15) is 15.9 Å². The van der Waals surface area contributed by atoms with Crippen molar-refractivity contribution in [1.82, 2.24) is 5.48 Å². The van der Waals surface area contributed by atoms with Crippen molar-refractivity contribution in [2.45, 2.75) is 0 Å². The first-order valence-electron chi connectivity index (χ1n) is 7.07. The van der Waals surface area contributed by atoms with E-state index in [1.807, 2.05) is 54.6 Å². The fourth-order valence-electron chi connectivity index (χ4n) is 2.84. The number of carbonyl (C=O) groups excluding carboxylic acids is 1. The molecule has 0 unspecified atom stereocenters. The summed E-state index contributed by atoms with van der Waals surface area (Å²) in [5.74, 6) is 0.806. The normalized spacial score (nSPS) is 12.4. The van der Waals surface area contributed by atoms with Gasteiger partial charge in [-0.25, -0.2) is 5.48 Å². The van der Waals surface area contributed by atoms with Crippen LogP contribution in [0.2, 0.25) is 0 Å². The number of nitrogens with one attached hydrogen (secondary N) is 1. The lowest BCUT2D eigenvalue weighted by molar-refractivity contribution is 0.112. The van der Waals surface area contributed by atoms with Crippen molar-refractivity contribution in [3.05, 3.63) is 71.9 Å². The number of benzene rings is 3. The Morgan fingerprint density at radius 1 is 0.955 bits per heavy atom. The number of hydrogen-bond donors (Lipinski definition) is 1. The van der Waals surface area contributed by atoms with Gasteiger partial charge in [-0.3, -0.25) is 4.79 Å². The van der Waals surface area contributed by atoms with Gasteiger partial charge < -0.3 is 4.84 Å². The lowest BCUT2D eigenvalue weighted by Gasteiger charge is -2.15. The van der Waals surface area contributed by atoms with Crippen molar-refractivity contribution < 1.29 is 9.63 Å². The smallest absolute Gasteiger partial charge is 0.162 e. The fourth-order valence-corrected chi connectivity index (χ4v) is 2.84. The van der Waals surface area contributed by atoms with E-state index in [2.05, 4.69) is 11.5 Å². The lowest BCUT2D eigenvalue weighted by atomic mass is 9.94. The van der Waals surface area contributed by atoms with E-state index in [-0.39, 0.29) is 0 Å². The van der Waals surface area contributed by atoms with Gasteiger partial charge in [-0.1, -0.05) is 42.5 Å². The molecule has 0 atom stereocenters. The van der Waals surface area contributed by atoms with Crippen LogP contribution in [0.3, 0.4) is 0 Å². The summed E-state index contributed by atoms with van der Waals surface area (Å²) in [6.07, 6.45) is 4.64. The van der Waals surface area contributed by atoms with Crippen LogP contribution in [-0.2, 0) is 0 Å². The Morgan fingerprint density at radius 3 is 2.68 bits per heavy atom. The van der Waals surface area contributed by atoms with Crippen molar-refractivity contribution >= 4 is 23.1 Å². The minimum Gasteiger partial charge on any atom is -0.382 e. The van der Waals surface area contributed by atoms with Gasteiger partial charge in [0.1, 0.15) is 0 Å². The molecule has 0 bridgehead atoms. The summed E-state index contributed by atoms with van der Waals surface area (Å²) in [7, 11) is 0. The first-order valence-corrected chi connectivity index (χ1v) is 7.07. The molecule has 106 valence electrons. The van der Waals surface area contributed by atoms with Crippen LogP contribution in [0.5, 0.6) is 5.75 Å². The van der Waals surface area contributed by atoms with Crippen molar-refractivity contribution in [1.29, 1.82) is 0 Å². The topological polar surface area (TPSA) is 38.3 Å². The zero-order chi connectivity index (χ0) is 14.9. The van der Waals surface area contributed by atoms with Gasteiger partial charge >= 0.3 is 0 Å². The summed E-state index contributed by atoms with van der Waals surface area (Å²) in [6, 6.07) is 17.9. The standard InChI is InChI=1S/C19H13NO2/c21-12-15-5-7-17(18-4-2-1-3-16(15)18)13-6-8-19-14(11-13)9-10-20-22-19/h1-12,20H. The van der Waals surface area contributed by atoms with Gasteiger partial charge in [0.2, 0.25) is 0 Å². The molecule has 3 heteroatoms. The average molecular weight is 287 g/mol. The van der Waals surface area contributed by atoms with Crippen molar-refractivity contribution in [2.75, 3.05) is 0 Å². The molecule has 1 heterocycles. The molecule has 3 aromatic rings. The summed E-state index contributed by atoms with van der Waals surface area (Å²) >= 11 is 0. The van der Waals surface area contributed by atoms with Gasteiger partial charge in [0.05, 0.1) is 0 Å². The Hall–Kier alpha value is -3.07. The predicted octanol–water partition coefficient (Wildman–Crippen LogP) is 4.19. The van der Waals surface area contributed by atoms with Gasteiger partial charge in [0.15, 0.2) is 12.0 Å². The molecule has 1 aliphatic heterocycles. The molecular weight excluding hydrogens is 274 g/mol. The van der Waals surface area contributed by atoms with Gasteiger partial charge in [0, 0.05) is 17.3 Å². The van der Waals surface area contributed by atoms with E-state index in [0.717, 1.165) is 39.5 Å². The minimum atomic E-state index is 0.713. The average Bonchev–Trinajstić information content (AvgIpc) is 2.60. The maximum absolute atomic E-state index is 11.2. The fraction of sp³-hybridized carbons (Fsp3) is 0. The first-order chi connectivity index (χ1) is 10.9. The van der Waals surface area contributed by atoms with Gasteiger partial charge in [-0.15, -0.1) is 0 Å². The highest BCUT2D eigenvalue weighted by Crippen LogP contribution is 2.33. The zero-order valence-corrected chi connectivity index (χ0v) is 11.7. The Labute approximate surface area is 127 Å². The van der Waals surface area contributed by atoms with Crippen LogP contribution in [0.4, 0.5) is 0 Å². The van der Waals surface area contributed by atoms with E-state index in [1.54, 1.807) is 6.20 Å². The van der Waals surface area contributed by atoms with Gasteiger partial charge in [0.25, 0.3) is 0 Å². The Balaban J connectivity index is 1.96. The molecule has 0 radical (unpaired) electrons. The maximum atomic E-state index is 11.2. The predicted molar refractivity (Wildman–Crippen MR) is 87.6 cm³/mol. The third-order valence-corrected chi connectivity index (χ3v) is 3.91. The van der Waals surface area contributed by atoms with Crippen LogP contribution in [-0.4, -0.2) is 6.29 Å². The number of fused-ring (bicyclic) bond motifs is 2. The largest absolute Gasteiger partial charge is 0.382 e. The quantitative estimate of drug-likeness (QED) is 0.718. The van der Waals surface area contributed by atoms with Crippen LogP contribution >= 0.6 is 0 Å². The second-order valence-electron chi connectivity index (χ2n) is 5.17. The third kappa shape index (κ3) is 1.95. The Bertz CT molecular complexity index is 912. The second-order valence-corrected chi connectivity index (χ2v) is 5.17. The molecule has 0 aliphatic carbocycles. The van der Waals surface area contributed by atoms with Crippen LogP contribution in [0.15, 0.2) is 60.8 Å². The molecule has 0 amide bonds. The summed E-state index contributed by atoms with van der Waals surface area (Å²) in [5.41, 5.74) is 6.67. The number of hydrogen-bond acceptors (Lipinski definition) is 3. The number of carbonyl (C=O) groups is 1. The Kier molecular flexibility index (Phi) is 2.90. The van der Waals surface area contributed by atoms with Crippen molar-refractivity contribution in [2.24, 2.45) is 0 Å². The molecule has 4 rings (SSSR count). The molecule has 0 spiro atoms. The third-order valence-electron chi connectivity index (χ3n) is 3.91. The molecule has 1 N–H and O–H groups in total. The van der Waals surface area contributed by atoms with Gasteiger partial charge in [-0.05, 0) is 40.1 Å². The summed E-state index contributed by atoms with van der Waals surface area (Å²) in [5, 5.41) is 2.05. The number of hydroxylamine groups is 1. The van der Waals surface area contributed by atoms with Crippen molar-refractivity contribution in [3.8, 4) is 16.9 Å². The summed E-state index contributed by atoms with van der Waals surface area (Å²) < 4.78 is 0. The molecule has 3 nitrogen and oxygen atoms in total. The van der Waals surface area contributed by atoms with E-state index in [9.17, 15) is 4.79 Å². The molecular formula is C19H13NO2. The van der Waals surface area contributed by atoms with E-state index in [0.29, 0.717) is 5.56 Å². The maximum Gasteiger partial charge on any atom is 0.162 e. The van der Waals surface area contributed by atoms with E-state index >= 15 is 0 Å². The molecule has 0 fully saturated rings. The van der Waals surface area contributed by atoms with Crippen molar-refractivity contribution in [3.63, 3.8) is 0 Å². The molecule has 0 saturated carbocycles. The first kappa shape index (κ1) is 12.7. The van der Waals surface area contributed by atoms with E-state index in [4.69, 9.17) is 4.84 Å². The summed E-state index contributed by atoms with van der Waals surface area (Å²) in [6.45, 7) is 0. The highest BCUT2D eigenvalue weighted by atomic mass is 16.6. The SMILES string of the molecule is O=Cc1ccc(-c2ccc3c(c2)C=CNO3)c2ccccc12. The Morgan fingerprint density at radius 2 is 1.82 bits per heavy atom. The highest BCUT2D eigenvalue weighted by molar-refractivity contribution is 6.05. The van der Waals surface area contributed by atoms with Gasteiger partial charge in [-0.2, -0.15) is 0 Å². The van der Waals surface area contributed by atoms with E-state index < -0.39 is 0 Å². The number of rotatable bonds is 2. The minimum absolute atomic E-state index is 0.713. The molecule has 0 saturated heterocycles. The lowest BCUT2D eigenvalue weighted by Crippen LogP contribution is -2.14. The highest BCUT2D eigenvalue weighted by Gasteiger charge is 2.11. The number of aldehydes is 1. The van der Waals surface area contributed by atoms with Crippen LogP contribution < -0.4 is 10.3 Å². The zero-order valence-electron chi connectivity index (χ0n) is 11.7. The molecule has 3 aromatic carbocycles. The second kappa shape index (κ2) is 5.04. The summed E-state index contributed by atoms with van der Waals surface area (Å²) in [4.78, 5) is 16.6. The van der Waals surface area contributed by atoms with E-state index in [1.165, 1.54) is 0 Å². The van der Waals surface area contributed by atoms with Crippen LogP contribution in [0.25, 0.3) is 28.0 Å². The van der Waals surface area contributed by atoms with Crippen LogP contribution in [0, 0.1) is 0 Å².